The molecule has 0 aliphatic carbocycles. The van der Waals surface area contributed by atoms with Gasteiger partial charge in [-0.2, -0.15) is 0 Å². The van der Waals surface area contributed by atoms with E-state index in [1.807, 2.05) is 31.6 Å². The number of rotatable bonds is 1. The van der Waals surface area contributed by atoms with Crippen molar-refractivity contribution in [2.75, 3.05) is 0 Å². The topological polar surface area (TPSA) is 21.1 Å². The highest BCUT2D eigenvalue weighted by Crippen LogP contribution is 2.42. The molecule has 0 saturated heterocycles. The summed E-state index contributed by atoms with van der Waals surface area (Å²) in [6.07, 6.45) is 1.82. The van der Waals surface area contributed by atoms with Crippen LogP contribution in [0.4, 0.5) is 5.69 Å². The molecule has 27 heavy (non-hydrogen) atoms. The number of aromatic nitrogens is 2. The second kappa shape index (κ2) is 5.87. The third kappa shape index (κ3) is 2.26. The second-order valence-electron chi connectivity index (χ2n) is 6.71. The molecule has 4 heteroatoms. The van der Waals surface area contributed by atoms with Crippen LogP contribution in [0.15, 0.2) is 60.9 Å². The molecule has 0 N–H and O–H groups in total. The SMILES string of the molecule is [C-]#[N+]c1c2ccccc2cc2c(-c3sc4ccccc4c3C)[n+](C)cnc12. The lowest BCUT2D eigenvalue weighted by molar-refractivity contribution is -0.662. The molecule has 0 amide bonds. The van der Waals surface area contributed by atoms with Crippen LogP contribution in [-0.2, 0) is 7.05 Å². The number of fused-ring (bicyclic) bond motifs is 3. The fraction of sp³-hybridized carbons (Fsp3) is 0.0870. The molecule has 0 unspecified atom stereocenters. The van der Waals surface area contributed by atoms with Crippen LogP contribution in [0.3, 0.4) is 0 Å². The Morgan fingerprint density at radius 2 is 1.74 bits per heavy atom. The summed E-state index contributed by atoms with van der Waals surface area (Å²) in [6.45, 7) is 9.93. The minimum atomic E-state index is 0.628. The zero-order chi connectivity index (χ0) is 18.5. The molecular weight excluding hydrogens is 350 g/mol. The van der Waals surface area contributed by atoms with Gasteiger partial charge in [0.1, 0.15) is 0 Å². The van der Waals surface area contributed by atoms with E-state index in [1.54, 1.807) is 11.3 Å². The molecule has 2 heterocycles. The monoisotopic (exact) mass is 366 g/mol. The molecule has 0 saturated carbocycles. The molecule has 0 aliphatic rings. The van der Waals surface area contributed by atoms with Gasteiger partial charge in [-0.25, -0.2) is 9.41 Å². The Kier molecular flexibility index (Phi) is 3.46. The molecule has 0 atom stereocenters. The highest BCUT2D eigenvalue weighted by Gasteiger charge is 2.23. The average Bonchev–Trinajstić information content (AvgIpc) is 3.02. The number of aryl methyl sites for hydroxylation is 2. The van der Waals surface area contributed by atoms with E-state index < -0.39 is 0 Å². The van der Waals surface area contributed by atoms with E-state index in [2.05, 4.69) is 57.7 Å². The average molecular weight is 366 g/mol. The quantitative estimate of drug-likeness (QED) is 0.204. The van der Waals surface area contributed by atoms with Crippen molar-refractivity contribution < 1.29 is 4.57 Å². The van der Waals surface area contributed by atoms with Crippen LogP contribution in [0.5, 0.6) is 0 Å². The first-order chi connectivity index (χ1) is 13.2. The summed E-state index contributed by atoms with van der Waals surface area (Å²) in [4.78, 5) is 9.70. The molecule has 0 aliphatic heterocycles. The van der Waals surface area contributed by atoms with Crippen LogP contribution in [0.25, 0.3) is 47.2 Å². The van der Waals surface area contributed by atoms with Crippen molar-refractivity contribution in [1.82, 2.24) is 4.98 Å². The first kappa shape index (κ1) is 15.9. The van der Waals surface area contributed by atoms with Crippen LogP contribution in [0.2, 0.25) is 0 Å². The van der Waals surface area contributed by atoms with Gasteiger partial charge < -0.3 is 0 Å². The maximum Gasteiger partial charge on any atom is 0.285 e. The highest BCUT2D eigenvalue weighted by molar-refractivity contribution is 7.22. The van der Waals surface area contributed by atoms with Crippen molar-refractivity contribution in [3.63, 3.8) is 0 Å². The molecule has 0 spiro atoms. The van der Waals surface area contributed by atoms with Gasteiger partial charge >= 0.3 is 0 Å². The zero-order valence-corrected chi connectivity index (χ0v) is 15.8. The van der Waals surface area contributed by atoms with Gasteiger partial charge in [0.15, 0.2) is 11.2 Å². The third-order valence-corrected chi connectivity index (χ3v) is 6.41. The fourth-order valence-electron chi connectivity index (χ4n) is 3.82. The predicted octanol–water partition coefficient (Wildman–Crippen LogP) is 5.95. The summed E-state index contributed by atoms with van der Waals surface area (Å²) in [5.41, 5.74) is 3.79. The van der Waals surface area contributed by atoms with Crippen LogP contribution in [0, 0.1) is 13.5 Å². The molecule has 5 rings (SSSR count). The molecule has 2 aromatic heterocycles. The maximum atomic E-state index is 7.75. The molecule has 0 radical (unpaired) electrons. The molecule has 0 bridgehead atoms. The van der Waals surface area contributed by atoms with Crippen LogP contribution in [0.1, 0.15) is 5.56 Å². The lowest BCUT2D eigenvalue weighted by atomic mass is 10.0. The third-order valence-electron chi connectivity index (χ3n) is 5.13. The number of nitrogens with zero attached hydrogens (tertiary/aromatic N) is 3. The molecule has 3 nitrogen and oxygen atoms in total. The van der Waals surface area contributed by atoms with E-state index in [0.717, 1.165) is 27.4 Å². The Labute approximate surface area is 161 Å². The predicted molar refractivity (Wildman–Crippen MR) is 112 cm³/mol. The summed E-state index contributed by atoms with van der Waals surface area (Å²) in [5, 5.41) is 4.34. The van der Waals surface area contributed by atoms with Gasteiger partial charge in [0, 0.05) is 4.70 Å². The first-order valence-corrected chi connectivity index (χ1v) is 9.56. The van der Waals surface area contributed by atoms with Gasteiger partial charge in [0.2, 0.25) is 5.69 Å². The number of thiophene rings is 1. The standard InChI is InChI=1S/C23H16N3S/c1-14-16-9-6-7-11-19(16)27-23(14)22-18-12-15-8-4-5-10-17(15)20(24-2)21(18)25-13-26(22)3/h4-13H,1,3H3/q+1. The maximum absolute atomic E-state index is 7.75. The molecule has 128 valence electrons. The first-order valence-electron chi connectivity index (χ1n) is 8.75. The number of benzene rings is 3. The van der Waals surface area contributed by atoms with E-state index in [9.17, 15) is 0 Å². The summed E-state index contributed by atoms with van der Waals surface area (Å²) in [6, 6.07) is 18.7. The summed E-state index contributed by atoms with van der Waals surface area (Å²) >= 11 is 1.80. The van der Waals surface area contributed by atoms with Crippen molar-refractivity contribution in [2.45, 2.75) is 6.92 Å². The Balaban J connectivity index is 1.97. The zero-order valence-electron chi connectivity index (χ0n) is 15.0. The van der Waals surface area contributed by atoms with E-state index in [4.69, 9.17) is 6.57 Å². The molecule has 5 aromatic rings. The normalized spacial score (nSPS) is 11.3. The molecule has 0 fully saturated rings. The Bertz CT molecular complexity index is 1410. The van der Waals surface area contributed by atoms with Crippen LogP contribution < -0.4 is 4.57 Å². The van der Waals surface area contributed by atoms with E-state index in [0.29, 0.717) is 5.69 Å². The Hall–Kier alpha value is -3.29. The highest BCUT2D eigenvalue weighted by atomic mass is 32.1. The van der Waals surface area contributed by atoms with Crippen LogP contribution in [-0.4, -0.2) is 4.98 Å². The van der Waals surface area contributed by atoms with E-state index >= 15 is 0 Å². The van der Waals surface area contributed by atoms with Crippen molar-refractivity contribution in [2.24, 2.45) is 7.05 Å². The van der Waals surface area contributed by atoms with Crippen molar-refractivity contribution in [3.05, 3.63) is 77.9 Å². The Morgan fingerprint density at radius 3 is 2.52 bits per heavy atom. The van der Waals surface area contributed by atoms with Crippen molar-refractivity contribution in [1.29, 1.82) is 0 Å². The van der Waals surface area contributed by atoms with Crippen molar-refractivity contribution in [3.8, 4) is 10.6 Å². The largest absolute Gasteiger partial charge is 0.285 e. The summed E-state index contributed by atoms with van der Waals surface area (Å²) in [5.74, 6) is 0. The smallest absolute Gasteiger partial charge is 0.233 e. The Morgan fingerprint density at radius 1 is 1.00 bits per heavy atom. The lowest BCUT2D eigenvalue weighted by Gasteiger charge is -2.08. The minimum absolute atomic E-state index is 0.628. The lowest BCUT2D eigenvalue weighted by Crippen LogP contribution is -2.31. The summed E-state index contributed by atoms with van der Waals surface area (Å²) in [7, 11) is 2.03. The number of hydrogen-bond acceptors (Lipinski definition) is 2. The van der Waals surface area contributed by atoms with Crippen molar-refractivity contribution >= 4 is 48.8 Å². The van der Waals surface area contributed by atoms with Gasteiger partial charge in [0.25, 0.3) is 6.33 Å². The van der Waals surface area contributed by atoms with E-state index in [1.165, 1.54) is 20.5 Å². The second-order valence-corrected chi connectivity index (χ2v) is 7.76. The molecule has 3 aromatic carbocycles. The van der Waals surface area contributed by atoms with E-state index in [-0.39, 0.29) is 0 Å². The molecular formula is C23H16N3S+. The van der Waals surface area contributed by atoms with Gasteiger partial charge in [-0.05, 0) is 40.8 Å². The van der Waals surface area contributed by atoms with Gasteiger partial charge in [0.05, 0.1) is 23.9 Å². The fourth-order valence-corrected chi connectivity index (χ4v) is 5.13. The van der Waals surface area contributed by atoms with Gasteiger partial charge in [-0.3, -0.25) is 0 Å². The van der Waals surface area contributed by atoms with Gasteiger partial charge in [-0.1, -0.05) is 47.4 Å². The minimum Gasteiger partial charge on any atom is -0.233 e. The van der Waals surface area contributed by atoms with Gasteiger partial charge in [-0.15, -0.1) is 11.3 Å². The number of hydrogen-bond donors (Lipinski definition) is 0. The van der Waals surface area contributed by atoms with Crippen LogP contribution >= 0.6 is 11.3 Å². The summed E-state index contributed by atoms with van der Waals surface area (Å²) < 4.78 is 3.35.